The van der Waals surface area contributed by atoms with Crippen molar-refractivity contribution in [3.05, 3.63) is 42.2 Å². The van der Waals surface area contributed by atoms with Crippen molar-refractivity contribution in [2.75, 3.05) is 6.54 Å². The number of rotatable bonds is 3. The van der Waals surface area contributed by atoms with E-state index >= 15 is 0 Å². The number of carboxylic acids is 1. The van der Waals surface area contributed by atoms with Crippen molar-refractivity contribution in [2.24, 2.45) is 0 Å². The maximum absolute atomic E-state index is 12.5. The number of amides is 1. The van der Waals surface area contributed by atoms with E-state index < -0.39 is 12.0 Å². The fourth-order valence-electron chi connectivity index (χ4n) is 2.65. The predicted octanol–water partition coefficient (Wildman–Crippen LogP) is 1.35. The number of likely N-dealkylation sites (tertiary alicyclic amines) is 1. The Bertz CT molecular complexity index is 683. The van der Waals surface area contributed by atoms with Gasteiger partial charge in [-0.15, -0.1) is 5.10 Å². The van der Waals surface area contributed by atoms with Gasteiger partial charge in [0.2, 0.25) is 0 Å². The van der Waals surface area contributed by atoms with Crippen LogP contribution in [-0.2, 0) is 4.79 Å². The molecule has 2 aromatic rings. The fraction of sp³-hybridized carbons (Fsp3) is 0.333. The van der Waals surface area contributed by atoms with Gasteiger partial charge < -0.3 is 10.0 Å². The molecule has 1 saturated heterocycles. The van der Waals surface area contributed by atoms with Crippen molar-refractivity contribution in [3.8, 4) is 5.69 Å². The van der Waals surface area contributed by atoms with Gasteiger partial charge in [-0.1, -0.05) is 23.4 Å². The highest BCUT2D eigenvalue weighted by atomic mass is 16.4. The Morgan fingerprint density at radius 2 is 1.95 bits per heavy atom. The Hall–Kier alpha value is -2.70. The highest BCUT2D eigenvalue weighted by molar-refractivity contribution is 5.94. The van der Waals surface area contributed by atoms with Gasteiger partial charge in [-0.25, -0.2) is 9.48 Å². The lowest BCUT2D eigenvalue weighted by molar-refractivity contribution is -0.143. The summed E-state index contributed by atoms with van der Waals surface area (Å²) in [7, 11) is 0. The van der Waals surface area contributed by atoms with E-state index in [-0.39, 0.29) is 11.6 Å². The van der Waals surface area contributed by atoms with Gasteiger partial charge in [-0.3, -0.25) is 4.79 Å². The smallest absolute Gasteiger partial charge is 0.326 e. The van der Waals surface area contributed by atoms with E-state index in [4.69, 9.17) is 0 Å². The highest BCUT2D eigenvalue weighted by Crippen LogP contribution is 2.19. The summed E-state index contributed by atoms with van der Waals surface area (Å²) >= 11 is 0. The largest absolute Gasteiger partial charge is 0.480 e. The second-order valence-corrected chi connectivity index (χ2v) is 5.23. The molecule has 1 N–H and O–H groups in total. The first kappa shape index (κ1) is 14.2. The minimum absolute atomic E-state index is 0.164. The van der Waals surface area contributed by atoms with Crippen molar-refractivity contribution in [1.29, 1.82) is 0 Å². The van der Waals surface area contributed by atoms with Crippen LogP contribution in [0.5, 0.6) is 0 Å². The van der Waals surface area contributed by atoms with E-state index in [0.29, 0.717) is 13.0 Å². The molecule has 1 aromatic carbocycles. The second-order valence-electron chi connectivity index (χ2n) is 5.23. The van der Waals surface area contributed by atoms with E-state index in [9.17, 15) is 14.7 Å². The minimum atomic E-state index is -0.969. The summed E-state index contributed by atoms with van der Waals surface area (Å²) in [6, 6.07) is 8.54. The quantitative estimate of drug-likeness (QED) is 0.924. The molecule has 1 aliphatic heterocycles. The van der Waals surface area contributed by atoms with Crippen molar-refractivity contribution < 1.29 is 14.7 Å². The topological polar surface area (TPSA) is 88.3 Å². The maximum atomic E-state index is 12.5. The summed E-state index contributed by atoms with van der Waals surface area (Å²) in [6.45, 7) is 0.438. The number of carbonyl (C=O) groups is 2. The molecular formula is C15H16N4O3. The summed E-state index contributed by atoms with van der Waals surface area (Å²) in [5, 5.41) is 17.1. The zero-order valence-corrected chi connectivity index (χ0v) is 11.9. The van der Waals surface area contributed by atoms with Crippen LogP contribution in [0.25, 0.3) is 5.69 Å². The molecule has 1 aromatic heterocycles. The first-order valence-electron chi connectivity index (χ1n) is 7.18. The number of nitrogens with zero attached hydrogens (tertiary/aromatic N) is 4. The SMILES string of the molecule is O=C(O)C1CCCCN1C(=O)c1cn(-c2ccccc2)nn1. The van der Waals surface area contributed by atoms with E-state index in [0.717, 1.165) is 18.5 Å². The molecule has 1 aliphatic rings. The minimum Gasteiger partial charge on any atom is -0.480 e. The summed E-state index contributed by atoms with van der Waals surface area (Å²) in [6.07, 6.45) is 3.64. The molecule has 1 unspecified atom stereocenters. The molecule has 0 saturated carbocycles. The summed E-state index contributed by atoms with van der Waals surface area (Å²) in [4.78, 5) is 25.2. The molecule has 0 spiro atoms. The molecule has 0 bridgehead atoms. The number of carboxylic acid groups (broad SMARTS) is 1. The Labute approximate surface area is 127 Å². The molecule has 22 heavy (non-hydrogen) atoms. The van der Waals surface area contributed by atoms with Gasteiger partial charge in [0.25, 0.3) is 5.91 Å². The standard InChI is InChI=1S/C15H16N4O3/c20-14(18-9-5-4-8-13(18)15(21)22)12-10-19(17-16-12)11-6-2-1-3-7-11/h1-3,6-7,10,13H,4-5,8-9H2,(H,21,22). The van der Waals surface area contributed by atoms with Crippen LogP contribution in [0.4, 0.5) is 0 Å². The van der Waals surface area contributed by atoms with E-state index in [2.05, 4.69) is 10.3 Å². The third-order valence-electron chi connectivity index (χ3n) is 3.78. The zero-order valence-electron chi connectivity index (χ0n) is 11.9. The monoisotopic (exact) mass is 300 g/mol. The van der Waals surface area contributed by atoms with Gasteiger partial charge in [0, 0.05) is 6.54 Å². The molecule has 1 amide bonds. The Kier molecular flexibility index (Phi) is 3.86. The molecule has 0 radical (unpaired) electrons. The second kappa shape index (κ2) is 5.97. The maximum Gasteiger partial charge on any atom is 0.326 e. The average Bonchev–Trinajstić information content (AvgIpc) is 3.05. The van der Waals surface area contributed by atoms with Crippen LogP contribution < -0.4 is 0 Å². The van der Waals surface area contributed by atoms with Gasteiger partial charge in [0.1, 0.15) is 6.04 Å². The lowest BCUT2D eigenvalue weighted by Crippen LogP contribution is -2.48. The van der Waals surface area contributed by atoms with Gasteiger partial charge >= 0.3 is 5.97 Å². The zero-order chi connectivity index (χ0) is 15.5. The number of piperidine rings is 1. The number of benzene rings is 1. The summed E-state index contributed by atoms with van der Waals surface area (Å²) < 4.78 is 1.51. The fourth-order valence-corrected chi connectivity index (χ4v) is 2.65. The van der Waals surface area contributed by atoms with Gasteiger partial charge in [-0.2, -0.15) is 0 Å². The van der Waals surface area contributed by atoms with E-state index in [1.807, 2.05) is 30.3 Å². The lowest BCUT2D eigenvalue weighted by Gasteiger charge is -2.32. The van der Waals surface area contributed by atoms with Crippen LogP contribution in [0.1, 0.15) is 29.8 Å². The molecule has 0 aliphatic carbocycles. The van der Waals surface area contributed by atoms with Crippen LogP contribution >= 0.6 is 0 Å². The lowest BCUT2D eigenvalue weighted by atomic mass is 10.0. The third-order valence-corrected chi connectivity index (χ3v) is 3.78. The van der Waals surface area contributed by atoms with E-state index in [1.165, 1.54) is 15.8 Å². The van der Waals surface area contributed by atoms with Gasteiger partial charge in [0.15, 0.2) is 5.69 Å². The number of para-hydroxylation sites is 1. The molecular weight excluding hydrogens is 284 g/mol. The van der Waals surface area contributed by atoms with Gasteiger partial charge in [0.05, 0.1) is 11.9 Å². The molecule has 114 valence electrons. The number of carbonyl (C=O) groups excluding carboxylic acids is 1. The number of aliphatic carboxylic acids is 1. The molecule has 3 rings (SSSR count). The average molecular weight is 300 g/mol. The van der Waals surface area contributed by atoms with Crippen LogP contribution in [0, 0.1) is 0 Å². The Morgan fingerprint density at radius 3 is 2.68 bits per heavy atom. The van der Waals surface area contributed by atoms with E-state index in [1.54, 1.807) is 0 Å². The van der Waals surface area contributed by atoms with Crippen LogP contribution in [0.15, 0.2) is 36.5 Å². The number of hydrogen-bond donors (Lipinski definition) is 1. The molecule has 1 fully saturated rings. The highest BCUT2D eigenvalue weighted by Gasteiger charge is 2.33. The van der Waals surface area contributed by atoms with Gasteiger partial charge in [-0.05, 0) is 31.4 Å². The van der Waals surface area contributed by atoms with Crippen molar-refractivity contribution in [2.45, 2.75) is 25.3 Å². The summed E-state index contributed by atoms with van der Waals surface area (Å²) in [5.74, 6) is -1.35. The third kappa shape index (κ3) is 2.69. The van der Waals surface area contributed by atoms with Crippen LogP contribution in [0.3, 0.4) is 0 Å². The van der Waals surface area contributed by atoms with Crippen LogP contribution in [-0.4, -0.2) is 49.5 Å². The molecule has 1 atom stereocenters. The summed E-state index contributed by atoms with van der Waals surface area (Å²) in [5.41, 5.74) is 0.958. The number of aromatic nitrogens is 3. The van der Waals surface area contributed by atoms with Crippen molar-refractivity contribution in [3.63, 3.8) is 0 Å². The van der Waals surface area contributed by atoms with Crippen molar-refractivity contribution >= 4 is 11.9 Å². The normalized spacial score (nSPS) is 18.2. The predicted molar refractivity (Wildman–Crippen MR) is 77.7 cm³/mol. The first-order chi connectivity index (χ1) is 10.7. The molecule has 2 heterocycles. The Balaban J connectivity index is 1.83. The van der Waals surface area contributed by atoms with Crippen LogP contribution in [0.2, 0.25) is 0 Å². The molecule has 7 heteroatoms. The molecule has 7 nitrogen and oxygen atoms in total. The first-order valence-corrected chi connectivity index (χ1v) is 7.18. The Morgan fingerprint density at radius 1 is 1.18 bits per heavy atom. The van der Waals surface area contributed by atoms with Crippen molar-refractivity contribution in [1.82, 2.24) is 19.9 Å². The number of hydrogen-bond acceptors (Lipinski definition) is 4.